The van der Waals surface area contributed by atoms with E-state index in [2.05, 4.69) is 15.2 Å². The Balaban J connectivity index is 1.68. The zero-order chi connectivity index (χ0) is 17.4. The van der Waals surface area contributed by atoms with Crippen LogP contribution in [-0.2, 0) is 4.74 Å². The van der Waals surface area contributed by atoms with Crippen LogP contribution in [0.1, 0.15) is 47.9 Å². The number of H-pyrrole nitrogens is 1. The molecule has 25 heavy (non-hydrogen) atoms. The van der Waals surface area contributed by atoms with E-state index in [9.17, 15) is 4.79 Å². The molecule has 7 heteroatoms. The van der Waals surface area contributed by atoms with Crippen molar-refractivity contribution in [3.8, 4) is 0 Å². The van der Waals surface area contributed by atoms with Gasteiger partial charge in [-0.15, -0.1) is 10.2 Å². The number of aromatic amines is 1. The molecule has 1 fully saturated rings. The van der Waals surface area contributed by atoms with Crippen molar-refractivity contribution in [1.82, 2.24) is 20.1 Å². The maximum Gasteiger partial charge on any atom is 0.255 e. The largest absolute Gasteiger partial charge is 0.423 e. The molecule has 2 aromatic heterocycles. The van der Waals surface area contributed by atoms with Gasteiger partial charge in [0.25, 0.3) is 5.91 Å². The van der Waals surface area contributed by atoms with Gasteiger partial charge in [0.2, 0.25) is 11.8 Å². The first-order valence-electron chi connectivity index (χ1n) is 8.43. The normalized spacial score (nSPS) is 18.2. The van der Waals surface area contributed by atoms with Crippen LogP contribution in [0, 0.1) is 0 Å². The van der Waals surface area contributed by atoms with Gasteiger partial charge in [0, 0.05) is 35.1 Å². The number of fused-ring (bicyclic) bond motifs is 1. The van der Waals surface area contributed by atoms with Gasteiger partial charge >= 0.3 is 0 Å². The highest BCUT2D eigenvalue weighted by molar-refractivity contribution is 6.06. The lowest BCUT2D eigenvalue weighted by atomic mass is 10.1. The van der Waals surface area contributed by atoms with Crippen LogP contribution < -0.4 is 0 Å². The number of carbonyl (C=O) groups is 1. The summed E-state index contributed by atoms with van der Waals surface area (Å²) >= 11 is 0. The van der Waals surface area contributed by atoms with Gasteiger partial charge < -0.3 is 19.0 Å². The highest BCUT2D eigenvalue weighted by Crippen LogP contribution is 2.28. The number of hydrogen-bond donors (Lipinski definition) is 1. The standard InChI is InChI=1S/C18H20N4O3/c1-11(2)16-20-21-17(25-16)15-10-24-9-8-22(15)18(23)13-4-3-5-14-12(13)6-7-19-14/h3-7,11,15,19H,8-10H2,1-2H3/t15-/m1/s1. The summed E-state index contributed by atoms with van der Waals surface area (Å²) in [5.74, 6) is 1.09. The van der Waals surface area contributed by atoms with E-state index in [1.807, 2.05) is 44.3 Å². The second-order valence-corrected chi connectivity index (χ2v) is 6.47. The first-order chi connectivity index (χ1) is 12.1. The second kappa shape index (κ2) is 6.33. The van der Waals surface area contributed by atoms with Crippen molar-refractivity contribution in [1.29, 1.82) is 0 Å². The van der Waals surface area contributed by atoms with E-state index in [1.54, 1.807) is 4.90 Å². The quantitative estimate of drug-likeness (QED) is 0.792. The topological polar surface area (TPSA) is 84.3 Å². The first kappa shape index (κ1) is 15.8. The lowest BCUT2D eigenvalue weighted by molar-refractivity contribution is -0.0106. The van der Waals surface area contributed by atoms with Gasteiger partial charge in [0.05, 0.1) is 13.2 Å². The number of morpholine rings is 1. The fraction of sp³-hybridized carbons (Fsp3) is 0.389. The molecule has 1 aliphatic heterocycles. The predicted octanol–water partition coefficient (Wildman–Crippen LogP) is 2.89. The van der Waals surface area contributed by atoms with Crippen LogP contribution in [0.2, 0.25) is 0 Å². The lowest BCUT2D eigenvalue weighted by Gasteiger charge is -2.33. The second-order valence-electron chi connectivity index (χ2n) is 6.47. The van der Waals surface area contributed by atoms with Gasteiger partial charge in [-0.25, -0.2) is 0 Å². The van der Waals surface area contributed by atoms with Crippen LogP contribution in [0.4, 0.5) is 0 Å². The molecule has 3 aromatic rings. The van der Waals surface area contributed by atoms with Gasteiger partial charge in [0.1, 0.15) is 6.04 Å². The van der Waals surface area contributed by atoms with Crippen molar-refractivity contribution < 1.29 is 13.9 Å². The lowest BCUT2D eigenvalue weighted by Crippen LogP contribution is -2.43. The highest BCUT2D eigenvalue weighted by atomic mass is 16.5. The summed E-state index contributed by atoms with van der Waals surface area (Å²) in [7, 11) is 0. The number of carbonyl (C=O) groups excluding carboxylic acids is 1. The Kier molecular flexibility index (Phi) is 4.01. The van der Waals surface area contributed by atoms with Crippen molar-refractivity contribution in [2.24, 2.45) is 0 Å². The molecule has 1 aromatic carbocycles. The molecule has 0 saturated carbocycles. The molecule has 7 nitrogen and oxygen atoms in total. The molecule has 0 aliphatic carbocycles. The summed E-state index contributed by atoms with van der Waals surface area (Å²) in [6.07, 6.45) is 1.84. The molecule has 0 spiro atoms. The van der Waals surface area contributed by atoms with Gasteiger partial charge in [0.15, 0.2) is 0 Å². The van der Waals surface area contributed by atoms with Crippen molar-refractivity contribution >= 4 is 16.8 Å². The molecule has 0 bridgehead atoms. The molecule has 3 heterocycles. The summed E-state index contributed by atoms with van der Waals surface area (Å²) in [4.78, 5) is 18.1. The van der Waals surface area contributed by atoms with E-state index >= 15 is 0 Å². The SMILES string of the molecule is CC(C)c1nnc([C@H]2COCCN2C(=O)c2cccc3[nH]ccc23)o1. The molecular formula is C18H20N4O3. The monoisotopic (exact) mass is 340 g/mol. The highest BCUT2D eigenvalue weighted by Gasteiger charge is 2.34. The third-order valence-electron chi connectivity index (χ3n) is 4.45. The molecule has 1 aliphatic rings. The molecule has 1 amide bonds. The minimum atomic E-state index is -0.365. The van der Waals surface area contributed by atoms with E-state index in [-0.39, 0.29) is 17.9 Å². The van der Waals surface area contributed by atoms with Crippen LogP contribution in [0.3, 0.4) is 0 Å². The van der Waals surface area contributed by atoms with Gasteiger partial charge in [-0.05, 0) is 18.2 Å². The Hall–Kier alpha value is -2.67. The molecule has 130 valence electrons. The maximum atomic E-state index is 13.2. The van der Waals surface area contributed by atoms with Crippen LogP contribution >= 0.6 is 0 Å². The van der Waals surface area contributed by atoms with Gasteiger partial charge in [-0.3, -0.25) is 4.79 Å². The summed E-state index contributed by atoms with van der Waals surface area (Å²) < 4.78 is 11.3. The Labute approximate surface area is 145 Å². The summed E-state index contributed by atoms with van der Waals surface area (Å²) in [5.41, 5.74) is 1.60. The molecule has 1 saturated heterocycles. The number of amides is 1. The smallest absolute Gasteiger partial charge is 0.255 e. The number of hydrogen-bond acceptors (Lipinski definition) is 5. The predicted molar refractivity (Wildman–Crippen MR) is 91.3 cm³/mol. The number of nitrogens with one attached hydrogen (secondary N) is 1. The third kappa shape index (κ3) is 2.80. The van der Waals surface area contributed by atoms with E-state index in [1.165, 1.54) is 0 Å². The first-order valence-corrected chi connectivity index (χ1v) is 8.43. The van der Waals surface area contributed by atoms with Crippen LogP contribution in [-0.4, -0.2) is 45.7 Å². The summed E-state index contributed by atoms with van der Waals surface area (Å²) in [6, 6.07) is 7.23. The van der Waals surface area contributed by atoms with Crippen molar-refractivity contribution in [3.05, 3.63) is 47.8 Å². The third-order valence-corrected chi connectivity index (χ3v) is 4.45. The van der Waals surface area contributed by atoms with Crippen molar-refractivity contribution in [2.45, 2.75) is 25.8 Å². The van der Waals surface area contributed by atoms with Crippen molar-refractivity contribution in [3.63, 3.8) is 0 Å². The Bertz CT molecular complexity index is 899. The van der Waals surface area contributed by atoms with Gasteiger partial charge in [-0.1, -0.05) is 19.9 Å². The molecule has 0 unspecified atom stereocenters. The minimum absolute atomic E-state index is 0.0530. The van der Waals surface area contributed by atoms with E-state index in [0.29, 0.717) is 37.1 Å². The maximum absolute atomic E-state index is 13.2. The fourth-order valence-electron chi connectivity index (χ4n) is 3.09. The zero-order valence-electron chi connectivity index (χ0n) is 14.2. The van der Waals surface area contributed by atoms with E-state index in [0.717, 1.165) is 10.9 Å². The van der Waals surface area contributed by atoms with E-state index < -0.39 is 0 Å². The molecular weight excluding hydrogens is 320 g/mol. The number of benzene rings is 1. The molecule has 1 atom stereocenters. The minimum Gasteiger partial charge on any atom is -0.423 e. The van der Waals surface area contributed by atoms with Crippen molar-refractivity contribution in [2.75, 3.05) is 19.8 Å². The molecule has 0 radical (unpaired) electrons. The average molecular weight is 340 g/mol. The van der Waals surface area contributed by atoms with Gasteiger partial charge in [-0.2, -0.15) is 0 Å². The number of rotatable bonds is 3. The Morgan fingerprint density at radius 2 is 2.20 bits per heavy atom. The van der Waals surface area contributed by atoms with E-state index in [4.69, 9.17) is 9.15 Å². The number of ether oxygens (including phenoxy) is 1. The summed E-state index contributed by atoms with van der Waals surface area (Å²) in [6.45, 7) is 5.32. The van der Waals surface area contributed by atoms with Crippen LogP contribution in [0.5, 0.6) is 0 Å². The Morgan fingerprint density at radius 3 is 3.00 bits per heavy atom. The molecule has 4 rings (SSSR count). The molecule has 1 N–H and O–H groups in total. The average Bonchev–Trinajstić information content (AvgIpc) is 3.30. The number of nitrogens with zero attached hydrogens (tertiary/aromatic N) is 3. The van der Waals surface area contributed by atoms with Crippen LogP contribution in [0.25, 0.3) is 10.9 Å². The van der Waals surface area contributed by atoms with Crippen LogP contribution in [0.15, 0.2) is 34.9 Å². The summed E-state index contributed by atoms with van der Waals surface area (Å²) in [5, 5.41) is 9.14. The fourth-order valence-corrected chi connectivity index (χ4v) is 3.09. The zero-order valence-corrected chi connectivity index (χ0v) is 14.2. The Morgan fingerprint density at radius 1 is 1.32 bits per heavy atom. The number of aromatic nitrogens is 3.